The van der Waals surface area contributed by atoms with Gasteiger partial charge in [-0.05, 0) is 30.2 Å². The first kappa shape index (κ1) is 10.4. The molecule has 0 saturated heterocycles. The first-order valence-electron chi connectivity index (χ1n) is 3.97. The quantitative estimate of drug-likeness (QED) is 0.850. The van der Waals surface area contributed by atoms with Gasteiger partial charge in [0.2, 0.25) is 0 Å². The fourth-order valence-electron chi connectivity index (χ4n) is 1.10. The van der Waals surface area contributed by atoms with Crippen molar-refractivity contribution in [3.8, 4) is 0 Å². The minimum Gasteiger partial charge on any atom is -0.327 e. The molecule has 0 aliphatic rings. The van der Waals surface area contributed by atoms with Gasteiger partial charge in [-0.15, -0.1) is 0 Å². The maximum Gasteiger partial charge on any atom is 0.124 e. The molecule has 0 radical (unpaired) electrons. The first-order chi connectivity index (χ1) is 6.15. The van der Waals surface area contributed by atoms with Gasteiger partial charge >= 0.3 is 0 Å². The van der Waals surface area contributed by atoms with Crippen LogP contribution < -0.4 is 5.73 Å². The highest BCUT2D eigenvalue weighted by atomic mass is 79.9. The molecule has 0 fully saturated rings. The van der Waals surface area contributed by atoms with Crippen LogP contribution in [0.4, 0.5) is 4.39 Å². The second-order valence-corrected chi connectivity index (χ2v) is 3.60. The van der Waals surface area contributed by atoms with Crippen molar-refractivity contribution in [1.29, 1.82) is 0 Å². The lowest BCUT2D eigenvalue weighted by Gasteiger charge is -2.04. The Balaban J connectivity index is 3.09. The Morgan fingerprint density at radius 2 is 2.31 bits per heavy atom. The summed E-state index contributed by atoms with van der Waals surface area (Å²) in [5, 5.41) is 0. The van der Waals surface area contributed by atoms with E-state index in [9.17, 15) is 4.39 Å². The van der Waals surface area contributed by atoms with Gasteiger partial charge in [-0.25, -0.2) is 4.39 Å². The lowest BCUT2D eigenvalue weighted by molar-refractivity contribution is 0.627. The second kappa shape index (κ2) is 4.53. The molecule has 0 heterocycles. The molecule has 3 heteroatoms. The maximum atomic E-state index is 12.7. The van der Waals surface area contributed by atoms with Gasteiger partial charge in [0.25, 0.3) is 0 Å². The summed E-state index contributed by atoms with van der Waals surface area (Å²) >= 11 is 3.30. The zero-order valence-corrected chi connectivity index (χ0v) is 8.94. The van der Waals surface area contributed by atoms with Crippen molar-refractivity contribution >= 4 is 21.5 Å². The van der Waals surface area contributed by atoms with E-state index in [0.717, 1.165) is 15.6 Å². The molecule has 1 nitrogen and oxygen atoms in total. The minimum absolute atomic E-state index is 0.240. The Morgan fingerprint density at radius 3 is 2.85 bits per heavy atom. The van der Waals surface area contributed by atoms with Crippen LogP contribution in [0.15, 0.2) is 28.7 Å². The topological polar surface area (TPSA) is 26.0 Å². The van der Waals surface area contributed by atoms with Crippen LogP contribution in [0.1, 0.15) is 12.5 Å². The summed E-state index contributed by atoms with van der Waals surface area (Å²) in [6.45, 7) is 2.44. The van der Waals surface area contributed by atoms with Gasteiger partial charge in [-0.3, -0.25) is 0 Å². The Bertz CT molecular complexity index is 334. The van der Waals surface area contributed by atoms with Gasteiger partial charge in [0.15, 0.2) is 0 Å². The Kier molecular flexibility index (Phi) is 3.63. The highest BCUT2D eigenvalue weighted by Gasteiger charge is 2.02. The molecular formula is C10H11BrFN. The van der Waals surface area contributed by atoms with Crippen LogP contribution in [0.2, 0.25) is 0 Å². The fourth-order valence-corrected chi connectivity index (χ4v) is 1.76. The summed E-state index contributed by atoms with van der Waals surface area (Å²) in [5.41, 5.74) is 7.41. The van der Waals surface area contributed by atoms with Crippen molar-refractivity contribution in [3.05, 3.63) is 40.1 Å². The molecular weight excluding hydrogens is 233 g/mol. The Hall–Kier alpha value is -0.670. The monoisotopic (exact) mass is 243 g/mol. The molecule has 0 unspecified atom stereocenters. The van der Waals surface area contributed by atoms with Crippen LogP contribution in [0, 0.1) is 5.82 Å². The number of allylic oxidation sites excluding steroid dienone is 1. The van der Waals surface area contributed by atoms with Gasteiger partial charge in [0, 0.05) is 11.0 Å². The van der Waals surface area contributed by atoms with Crippen molar-refractivity contribution in [3.63, 3.8) is 0 Å². The lowest BCUT2D eigenvalue weighted by Crippen LogP contribution is -1.95. The van der Waals surface area contributed by atoms with Crippen LogP contribution in [-0.4, -0.2) is 6.54 Å². The molecule has 1 rings (SSSR count). The first-order valence-corrected chi connectivity index (χ1v) is 4.76. The van der Waals surface area contributed by atoms with E-state index in [1.807, 2.05) is 13.0 Å². The minimum atomic E-state index is -0.240. The van der Waals surface area contributed by atoms with E-state index in [2.05, 4.69) is 15.9 Å². The van der Waals surface area contributed by atoms with Crippen LogP contribution in [0.5, 0.6) is 0 Å². The van der Waals surface area contributed by atoms with Crippen molar-refractivity contribution in [2.75, 3.05) is 6.54 Å². The van der Waals surface area contributed by atoms with Crippen molar-refractivity contribution in [2.24, 2.45) is 5.73 Å². The van der Waals surface area contributed by atoms with Gasteiger partial charge in [-0.2, -0.15) is 0 Å². The molecule has 70 valence electrons. The average molecular weight is 244 g/mol. The third-order valence-corrected chi connectivity index (χ3v) is 2.44. The molecule has 1 aromatic carbocycles. The molecule has 1 aromatic rings. The lowest BCUT2D eigenvalue weighted by atomic mass is 10.1. The molecule has 0 spiro atoms. The molecule has 0 amide bonds. The highest BCUT2D eigenvalue weighted by molar-refractivity contribution is 9.10. The number of hydrogen-bond donors (Lipinski definition) is 1. The Morgan fingerprint density at radius 1 is 1.62 bits per heavy atom. The van der Waals surface area contributed by atoms with E-state index in [0.29, 0.717) is 6.54 Å². The van der Waals surface area contributed by atoms with E-state index in [1.165, 1.54) is 12.1 Å². The molecule has 0 aromatic heterocycles. The smallest absolute Gasteiger partial charge is 0.124 e. The summed E-state index contributed by atoms with van der Waals surface area (Å²) in [6, 6.07) is 4.62. The second-order valence-electron chi connectivity index (χ2n) is 2.75. The summed E-state index contributed by atoms with van der Waals surface area (Å²) in [7, 11) is 0. The fraction of sp³-hybridized carbons (Fsp3) is 0.200. The van der Waals surface area contributed by atoms with Crippen LogP contribution in [-0.2, 0) is 0 Å². The maximum absolute atomic E-state index is 12.7. The predicted molar refractivity (Wildman–Crippen MR) is 56.8 cm³/mol. The molecule has 0 atom stereocenters. The van der Waals surface area contributed by atoms with Crippen molar-refractivity contribution in [2.45, 2.75) is 6.92 Å². The number of nitrogens with two attached hydrogens (primary N) is 1. The largest absolute Gasteiger partial charge is 0.327 e. The number of halogens is 2. The van der Waals surface area contributed by atoms with E-state index < -0.39 is 0 Å². The van der Waals surface area contributed by atoms with Gasteiger partial charge in [0.05, 0.1) is 0 Å². The third-order valence-electron chi connectivity index (χ3n) is 1.78. The van der Waals surface area contributed by atoms with Crippen LogP contribution in [0.3, 0.4) is 0 Å². The molecule has 2 N–H and O–H groups in total. The van der Waals surface area contributed by atoms with E-state index in [-0.39, 0.29) is 5.82 Å². The average Bonchev–Trinajstić information content (AvgIpc) is 2.04. The van der Waals surface area contributed by atoms with Crippen LogP contribution >= 0.6 is 15.9 Å². The molecule has 0 aliphatic carbocycles. The van der Waals surface area contributed by atoms with Crippen LogP contribution in [0.25, 0.3) is 5.57 Å². The number of rotatable bonds is 2. The normalized spacial score (nSPS) is 11.8. The highest BCUT2D eigenvalue weighted by Crippen LogP contribution is 2.24. The molecule has 0 bridgehead atoms. The predicted octanol–water partition coefficient (Wildman–Crippen LogP) is 2.95. The third kappa shape index (κ3) is 2.64. The van der Waals surface area contributed by atoms with Gasteiger partial charge in [0.1, 0.15) is 5.82 Å². The van der Waals surface area contributed by atoms with Crippen molar-refractivity contribution < 1.29 is 4.39 Å². The van der Waals surface area contributed by atoms with Gasteiger partial charge < -0.3 is 5.73 Å². The molecule has 0 aliphatic heterocycles. The van der Waals surface area contributed by atoms with Gasteiger partial charge in [-0.1, -0.05) is 28.1 Å². The SMILES string of the molecule is C/C(=C/CN)c1ccc(F)cc1Br. The number of benzene rings is 1. The van der Waals surface area contributed by atoms with E-state index in [4.69, 9.17) is 5.73 Å². The summed E-state index contributed by atoms with van der Waals surface area (Å²) in [5.74, 6) is -0.240. The summed E-state index contributed by atoms with van der Waals surface area (Å²) < 4.78 is 13.5. The molecule has 13 heavy (non-hydrogen) atoms. The summed E-state index contributed by atoms with van der Waals surface area (Å²) in [6.07, 6.45) is 1.90. The zero-order valence-electron chi connectivity index (χ0n) is 7.35. The molecule has 0 saturated carbocycles. The standard InChI is InChI=1S/C10H11BrFN/c1-7(4-5-13)9-3-2-8(12)6-10(9)11/h2-4,6H,5,13H2,1H3/b7-4-. The van der Waals surface area contributed by atoms with Crippen molar-refractivity contribution in [1.82, 2.24) is 0 Å². The van der Waals surface area contributed by atoms with E-state index >= 15 is 0 Å². The van der Waals surface area contributed by atoms with E-state index in [1.54, 1.807) is 6.07 Å². The zero-order chi connectivity index (χ0) is 9.84. The number of hydrogen-bond acceptors (Lipinski definition) is 1. The summed E-state index contributed by atoms with van der Waals surface area (Å²) in [4.78, 5) is 0. The Labute approximate surface area is 85.6 Å².